The second-order valence-corrected chi connectivity index (χ2v) is 8.61. The van der Waals surface area contributed by atoms with E-state index in [0.717, 1.165) is 42.6 Å². The van der Waals surface area contributed by atoms with Gasteiger partial charge in [-0.2, -0.15) is 0 Å². The van der Waals surface area contributed by atoms with Gasteiger partial charge in [-0.1, -0.05) is 72.8 Å². The van der Waals surface area contributed by atoms with Crippen LogP contribution in [0, 0.1) is 5.92 Å². The lowest BCUT2D eigenvalue weighted by molar-refractivity contribution is -0.137. The van der Waals surface area contributed by atoms with Gasteiger partial charge < -0.3 is 14.9 Å². The average molecular weight is 473 g/mol. The Morgan fingerprint density at radius 3 is 2.34 bits per heavy atom. The Kier molecular flexibility index (Phi) is 10.1. The van der Waals surface area contributed by atoms with Crippen molar-refractivity contribution in [1.82, 2.24) is 0 Å². The first-order valence-corrected chi connectivity index (χ1v) is 12.0. The van der Waals surface area contributed by atoms with Crippen molar-refractivity contribution in [3.05, 3.63) is 107 Å². The lowest BCUT2D eigenvalue weighted by atomic mass is 9.94. The standard InChI is InChI=1S/C30H32O5/c31-29(32)22-25(20-24-13-9-15-27(21-24)30(33)34)17-18-26-14-6-7-16-28(26)35-19-8-2-5-12-23-10-3-1-4-11-23/h1,3-4,6-7,9-11,13-18,21,25H,2,5,8,12,19-20,22H2,(H,31,32)(H,33,34). The summed E-state index contributed by atoms with van der Waals surface area (Å²) in [6.07, 6.45) is 8.42. The topological polar surface area (TPSA) is 83.8 Å². The van der Waals surface area contributed by atoms with Crippen LogP contribution in [0.5, 0.6) is 5.75 Å². The van der Waals surface area contributed by atoms with E-state index in [1.54, 1.807) is 12.1 Å². The number of rotatable bonds is 14. The van der Waals surface area contributed by atoms with Crippen molar-refractivity contribution < 1.29 is 24.5 Å². The minimum atomic E-state index is -0.997. The molecule has 182 valence electrons. The molecule has 1 unspecified atom stereocenters. The maximum Gasteiger partial charge on any atom is 0.335 e. The number of unbranched alkanes of at least 4 members (excludes halogenated alkanes) is 2. The zero-order valence-corrected chi connectivity index (χ0v) is 19.8. The van der Waals surface area contributed by atoms with E-state index >= 15 is 0 Å². The highest BCUT2D eigenvalue weighted by molar-refractivity contribution is 5.87. The molecule has 3 aromatic carbocycles. The summed E-state index contributed by atoms with van der Waals surface area (Å²) in [5.74, 6) is -1.39. The molecule has 0 aliphatic carbocycles. The molecule has 0 aliphatic rings. The van der Waals surface area contributed by atoms with Gasteiger partial charge in [0.05, 0.1) is 18.6 Å². The maximum atomic E-state index is 11.4. The summed E-state index contributed by atoms with van der Waals surface area (Å²) in [4.78, 5) is 22.7. The molecule has 0 saturated heterocycles. The molecule has 0 heterocycles. The molecule has 0 spiro atoms. The van der Waals surface area contributed by atoms with E-state index in [1.165, 1.54) is 11.6 Å². The Balaban J connectivity index is 1.56. The molecular formula is C30H32O5. The fourth-order valence-electron chi connectivity index (χ4n) is 3.99. The number of hydrogen-bond acceptors (Lipinski definition) is 3. The number of aryl methyl sites for hydroxylation is 1. The first-order chi connectivity index (χ1) is 17.0. The summed E-state index contributed by atoms with van der Waals surface area (Å²) in [6.45, 7) is 0.625. The molecular weight excluding hydrogens is 440 g/mol. The zero-order chi connectivity index (χ0) is 24.9. The van der Waals surface area contributed by atoms with Crippen LogP contribution in [0.2, 0.25) is 0 Å². The second kappa shape index (κ2) is 13.8. The molecule has 0 aliphatic heterocycles. The summed E-state index contributed by atoms with van der Waals surface area (Å²) < 4.78 is 6.03. The third-order valence-corrected chi connectivity index (χ3v) is 5.79. The zero-order valence-electron chi connectivity index (χ0n) is 19.8. The van der Waals surface area contributed by atoms with Crippen LogP contribution in [0.3, 0.4) is 0 Å². The Morgan fingerprint density at radius 1 is 0.829 bits per heavy atom. The Hall–Kier alpha value is -3.86. The van der Waals surface area contributed by atoms with E-state index in [4.69, 9.17) is 4.74 Å². The number of ether oxygens (including phenoxy) is 1. The van der Waals surface area contributed by atoms with Gasteiger partial charge in [0, 0.05) is 5.56 Å². The lowest BCUT2D eigenvalue weighted by Crippen LogP contribution is -2.09. The van der Waals surface area contributed by atoms with Crippen molar-refractivity contribution in [1.29, 1.82) is 0 Å². The molecule has 3 rings (SSSR count). The number of aliphatic carboxylic acids is 1. The summed E-state index contributed by atoms with van der Waals surface area (Å²) >= 11 is 0. The monoisotopic (exact) mass is 472 g/mol. The van der Waals surface area contributed by atoms with E-state index in [9.17, 15) is 19.8 Å². The Bertz CT molecular complexity index is 1120. The van der Waals surface area contributed by atoms with Crippen molar-refractivity contribution >= 4 is 18.0 Å². The summed E-state index contributed by atoms with van der Waals surface area (Å²) in [7, 11) is 0. The van der Waals surface area contributed by atoms with Crippen molar-refractivity contribution in [3.63, 3.8) is 0 Å². The Labute approximate surface area is 206 Å². The smallest absolute Gasteiger partial charge is 0.335 e. The van der Waals surface area contributed by atoms with E-state index in [1.807, 2.05) is 48.6 Å². The molecule has 1 atom stereocenters. The van der Waals surface area contributed by atoms with Crippen molar-refractivity contribution in [3.8, 4) is 5.75 Å². The fourth-order valence-corrected chi connectivity index (χ4v) is 3.99. The van der Waals surface area contributed by atoms with Crippen LogP contribution in [-0.2, 0) is 17.6 Å². The summed E-state index contributed by atoms with van der Waals surface area (Å²) in [5.41, 5.74) is 3.24. The van der Waals surface area contributed by atoms with E-state index in [-0.39, 0.29) is 17.9 Å². The number of aromatic carboxylic acids is 1. The second-order valence-electron chi connectivity index (χ2n) is 8.61. The number of carboxylic acids is 2. The Morgan fingerprint density at radius 2 is 1.57 bits per heavy atom. The molecule has 0 radical (unpaired) electrons. The van der Waals surface area contributed by atoms with Gasteiger partial charge in [0.1, 0.15) is 5.75 Å². The van der Waals surface area contributed by atoms with Gasteiger partial charge >= 0.3 is 11.9 Å². The van der Waals surface area contributed by atoms with Gasteiger partial charge in [0.25, 0.3) is 0 Å². The third kappa shape index (κ3) is 9.13. The minimum Gasteiger partial charge on any atom is -0.493 e. The van der Waals surface area contributed by atoms with Crippen LogP contribution in [-0.4, -0.2) is 28.8 Å². The third-order valence-electron chi connectivity index (χ3n) is 5.79. The van der Waals surface area contributed by atoms with Gasteiger partial charge in [-0.05, 0) is 67.3 Å². The number of carboxylic acid groups (broad SMARTS) is 2. The van der Waals surface area contributed by atoms with Crippen molar-refractivity contribution in [2.75, 3.05) is 6.61 Å². The van der Waals surface area contributed by atoms with Crippen LogP contribution in [0.15, 0.2) is 84.9 Å². The van der Waals surface area contributed by atoms with Crippen LogP contribution in [0.25, 0.3) is 6.08 Å². The van der Waals surface area contributed by atoms with Crippen molar-refractivity contribution in [2.45, 2.75) is 38.5 Å². The first kappa shape index (κ1) is 25.8. The fraction of sp³-hybridized carbons (Fsp3) is 0.267. The molecule has 35 heavy (non-hydrogen) atoms. The molecule has 0 amide bonds. The number of hydrogen-bond donors (Lipinski definition) is 2. The van der Waals surface area contributed by atoms with Crippen LogP contribution < -0.4 is 4.74 Å². The van der Waals surface area contributed by atoms with E-state index < -0.39 is 11.9 Å². The molecule has 5 nitrogen and oxygen atoms in total. The predicted octanol–water partition coefficient (Wildman–Crippen LogP) is 6.52. The largest absolute Gasteiger partial charge is 0.493 e. The van der Waals surface area contributed by atoms with Gasteiger partial charge in [-0.15, -0.1) is 0 Å². The average Bonchev–Trinajstić information content (AvgIpc) is 2.85. The molecule has 0 saturated carbocycles. The SMILES string of the molecule is O=C(O)CC(C=Cc1ccccc1OCCCCCc1ccccc1)Cc1cccc(C(=O)O)c1. The minimum absolute atomic E-state index is 0.0434. The highest BCUT2D eigenvalue weighted by atomic mass is 16.5. The van der Waals surface area contributed by atoms with Crippen LogP contribution in [0.1, 0.15) is 52.7 Å². The number of para-hydroxylation sites is 1. The van der Waals surface area contributed by atoms with Gasteiger partial charge in [-0.3, -0.25) is 4.79 Å². The number of carbonyl (C=O) groups is 2. The highest BCUT2D eigenvalue weighted by Crippen LogP contribution is 2.23. The van der Waals surface area contributed by atoms with Crippen LogP contribution >= 0.6 is 0 Å². The molecule has 0 fully saturated rings. The maximum absolute atomic E-state index is 11.4. The van der Waals surface area contributed by atoms with Gasteiger partial charge in [0.15, 0.2) is 0 Å². The molecule has 3 aromatic rings. The summed E-state index contributed by atoms with van der Waals surface area (Å²) in [5, 5.41) is 18.6. The van der Waals surface area contributed by atoms with Gasteiger partial charge in [-0.25, -0.2) is 4.79 Å². The van der Waals surface area contributed by atoms with E-state index in [2.05, 4.69) is 24.3 Å². The van der Waals surface area contributed by atoms with Crippen LogP contribution in [0.4, 0.5) is 0 Å². The highest BCUT2D eigenvalue weighted by Gasteiger charge is 2.13. The lowest BCUT2D eigenvalue weighted by Gasteiger charge is -2.12. The molecule has 5 heteroatoms. The van der Waals surface area contributed by atoms with Crippen molar-refractivity contribution in [2.24, 2.45) is 5.92 Å². The first-order valence-electron chi connectivity index (χ1n) is 12.0. The number of allylic oxidation sites excluding steroid dienone is 1. The normalized spacial score (nSPS) is 11.9. The quantitative estimate of drug-likeness (QED) is 0.261. The molecule has 2 N–H and O–H groups in total. The molecule has 0 bridgehead atoms. The summed E-state index contributed by atoms with van der Waals surface area (Å²) in [6, 6.07) is 24.8. The van der Waals surface area contributed by atoms with E-state index in [0.29, 0.717) is 13.0 Å². The van der Waals surface area contributed by atoms with Gasteiger partial charge in [0.2, 0.25) is 0 Å². The predicted molar refractivity (Wildman–Crippen MR) is 138 cm³/mol. The molecule has 0 aromatic heterocycles. The number of benzene rings is 3.